The molecule has 0 spiro atoms. The lowest BCUT2D eigenvalue weighted by molar-refractivity contribution is -0.131. The highest BCUT2D eigenvalue weighted by atomic mass is 32.1. The quantitative estimate of drug-likeness (QED) is 0.631. The number of nitrogens with zero attached hydrogens (tertiary/aromatic N) is 1. The van der Waals surface area contributed by atoms with Gasteiger partial charge in [0.15, 0.2) is 0 Å². The molecule has 0 saturated carbocycles. The van der Waals surface area contributed by atoms with Gasteiger partial charge in [-0.05, 0) is 42.8 Å². The number of thiophene rings is 1. The second kappa shape index (κ2) is 6.71. The van der Waals surface area contributed by atoms with Gasteiger partial charge in [0.1, 0.15) is 0 Å². The molecule has 1 amide bonds. The third kappa shape index (κ3) is 3.43. The molecule has 2 rings (SSSR count). The molecular weight excluding hydrogens is 244 g/mol. The zero-order chi connectivity index (χ0) is 12.8. The van der Waals surface area contributed by atoms with Crippen LogP contribution in [0.5, 0.6) is 0 Å². The molecule has 2 heterocycles. The summed E-state index contributed by atoms with van der Waals surface area (Å²) >= 11 is 1.80. The van der Waals surface area contributed by atoms with Gasteiger partial charge >= 0.3 is 0 Å². The average Bonchev–Trinajstić information content (AvgIpc) is 2.85. The Morgan fingerprint density at radius 2 is 2.50 bits per heavy atom. The van der Waals surface area contributed by atoms with Crippen LogP contribution in [0.4, 0.5) is 0 Å². The third-order valence-corrected chi connectivity index (χ3v) is 4.22. The summed E-state index contributed by atoms with van der Waals surface area (Å²) in [5, 5.41) is 5.32. The number of allylic oxidation sites excluding steroid dienone is 1. The van der Waals surface area contributed by atoms with Crippen molar-refractivity contribution in [3.05, 3.63) is 34.5 Å². The summed E-state index contributed by atoms with van der Waals surface area (Å²) < 4.78 is 0. The second-order valence-electron chi connectivity index (χ2n) is 4.54. The summed E-state index contributed by atoms with van der Waals surface area (Å²) in [6.45, 7) is 6.67. The van der Waals surface area contributed by atoms with E-state index in [0.29, 0.717) is 6.54 Å². The molecule has 0 aliphatic carbocycles. The number of fused-ring (bicyclic) bond motifs is 1. The minimum absolute atomic E-state index is 0.213. The van der Waals surface area contributed by atoms with Crippen LogP contribution in [0.2, 0.25) is 0 Å². The van der Waals surface area contributed by atoms with Crippen molar-refractivity contribution in [2.24, 2.45) is 0 Å². The van der Waals surface area contributed by atoms with Gasteiger partial charge in [0, 0.05) is 18.0 Å². The zero-order valence-corrected chi connectivity index (χ0v) is 11.5. The summed E-state index contributed by atoms with van der Waals surface area (Å²) in [7, 11) is 0. The molecule has 1 aromatic heterocycles. The number of amides is 1. The molecule has 0 saturated heterocycles. The summed E-state index contributed by atoms with van der Waals surface area (Å²) in [6, 6.07) is 2.14. The van der Waals surface area contributed by atoms with Crippen LogP contribution < -0.4 is 5.32 Å². The van der Waals surface area contributed by atoms with Crippen molar-refractivity contribution >= 4 is 17.2 Å². The largest absolute Gasteiger partial charge is 0.337 e. The van der Waals surface area contributed by atoms with E-state index in [1.807, 2.05) is 11.0 Å². The standard InChI is InChI=1S/C14H20N2OS/c1-2-3-4-7-15-10-14(17)16-8-5-13-12(11-16)6-9-18-13/h2,6,9,15H,1,3-5,7-8,10-11H2. The fourth-order valence-electron chi connectivity index (χ4n) is 2.14. The maximum absolute atomic E-state index is 12.0. The lowest BCUT2D eigenvalue weighted by atomic mass is 10.1. The molecule has 1 aliphatic heterocycles. The summed E-state index contributed by atoms with van der Waals surface area (Å²) in [6.07, 6.45) is 4.97. The van der Waals surface area contributed by atoms with Gasteiger partial charge in [-0.25, -0.2) is 0 Å². The van der Waals surface area contributed by atoms with E-state index in [1.54, 1.807) is 11.3 Å². The van der Waals surface area contributed by atoms with Crippen molar-refractivity contribution in [1.29, 1.82) is 0 Å². The van der Waals surface area contributed by atoms with Crippen molar-refractivity contribution in [3.63, 3.8) is 0 Å². The first kappa shape index (κ1) is 13.3. The number of hydrogen-bond acceptors (Lipinski definition) is 3. The number of carbonyl (C=O) groups is 1. The Balaban J connectivity index is 1.72. The molecule has 1 N–H and O–H groups in total. The molecule has 1 aromatic rings. The van der Waals surface area contributed by atoms with Crippen LogP contribution in [0.3, 0.4) is 0 Å². The SMILES string of the molecule is C=CCCCNCC(=O)N1CCc2sccc2C1. The first-order chi connectivity index (χ1) is 8.81. The van der Waals surface area contributed by atoms with E-state index < -0.39 is 0 Å². The van der Waals surface area contributed by atoms with Crippen molar-refractivity contribution in [1.82, 2.24) is 10.2 Å². The van der Waals surface area contributed by atoms with E-state index in [2.05, 4.69) is 23.3 Å². The van der Waals surface area contributed by atoms with Crippen LogP contribution in [-0.2, 0) is 17.8 Å². The lowest BCUT2D eigenvalue weighted by Crippen LogP contribution is -2.40. The van der Waals surface area contributed by atoms with Crippen LogP contribution in [0, 0.1) is 0 Å². The zero-order valence-electron chi connectivity index (χ0n) is 10.7. The maximum Gasteiger partial charge on any atom is 0.236 e. The number of unbranched alkanes of at least 4 members (excludes halogenated alkanes) is 1. The minimum Gasteiger partial charge on any atom is -0.337 e. The van der Waals surface area contributed by atoms with Gasteiger partial charge in [-0.15, -0.1) is 17.9 Å². The van der Waals surface area contributed by atoms with E-state index in [0.717, 1.165) is 38.9 Å². The normalized spacial score (nSPS) is 14.3. The van der Waals surface area contributed by atoms with Gasteiger partial charge < -0.3 is 10.2 Å². The number of hydrogen-bond donors (Lipinski definition) is 1. The minimum atomic E-state index is 0.213. The number of nitrogens with one attached hydrogen (secondary N) is 1. The van der Waals surface area contributed by atoms with Crippen molar-refractivity contribution in [2.45, 2.75) is 25.8 Å². The maximum atomic E-state index is 12.0. The smallest absolute Gasteiger partial charge is 0.236 e. The van der Waals surface area contributed by atoms with E-state index >= 15 is 0 Å². The molecule has 0 atom stereocenters. The highest BCUT2D eigenvalue weighted by Crippen LogP contribution is 2.23. The van der Waals surface area contributed by atoms with Crippen LogP contribution in [-0.4, -0.2) is 30.4 Å². The second-order valence-corrected chi connectivity index (χ2v) is 5.54. The Bertz CT molecular complexity index is 414. The van der Waals surface area contributed by atoms with E-state index in [9.17, 15) is 4.79 Å². The average molecular weight is 264 g/mol. The molecule has 4 heteroatoms. The molecule has 0 aromatic carbocycles. The molecule has 0 radical (unpaired) electrons. The van der Waals surface area contributed by atoms with E-state index in [-0.39, 0.29) is 5.91 Å². The summed E-state index contributed by atoms with van der Waals surface area (Å²) in [5.41, 5.74) is 1.33. The fourth-order valence-corrected chi connectivity index (χ4v) is 3.03. The van der Waals surface area contributed by atoms with Crippen LogP contribution in [0.25, 0.3) is 0 Å². The monoisotopic (exact) mass is 264 g/mol. The highest BCUT2D eigenvalue weighted by molar-refractivity contribution is 7.10. The molecular formula is C14H20N2OS. The Labute approximate surface area is 112 Å². The fraction of sp³-hybridized carbons (Fsp3) is 0.500. The van der Waals surface area contributed by atoms with Crippen LogP contribution in [0.15, 0.2) is 24.1 Å². The van der Waals surface area contributed by atoms with Gasteiger partial charge in [-0.1, -0.05) is 6.08 Å². The summed E-state index contributed by atoms with van der Waals surface area (Å²) in [5.74, 6) is 0.213. The molecule has 98 valence electrons. The first-order valence-corrected chi connectivity index (χ1v) is 7.34. The third-order valence-electron chi connectivity index (χ3n) is 3.20. The molecule has 1 aliphatic rings. The van der Waals surface area contributed by atoms with Crippen molar-refractivity contribution in [3.8, 4) is 0 Å². The van der Waals surface area contributed by atoms with Gasteiger partial charge in [0.05, 0.1) is 6.54 Å². The first-order valence-electron chi connectivity index (χ1n) is 6.46. The predicted octanol–water partition coefficient (Wildman–Crippen LogP) is 2.19. The highest BCUT2D eigenvalue weighted by Gasteiger charge is 2.20. The molecule has 0 fully saturated rings. The van der Waals surface area contributed by atoms with Gasteiger partial charge in [-0.3, -0.25) is 4.79 Å². The Kier molecular flexibility index (Phi) is 4.96. The molecule has 3 nitrogen and oxygen atoms in total. The van der Waals surface area contributed by atoms with Crippen LogP contribution in [0.1, 0.15) is 23.3 Å². The topological polar surface area (TPSA) is 32.3 Å². The summed E-state index contributed by atoms with van der Waals surface area (Å²) in [4.78, 5) is 15.4. The van der Waals surface area contributed by atoms with Crippen molar-refractivity contribution in [2.75, 3.05) is 19.6 Å². The Morgan fingerprint density at radius 3 is 3.33 bits per heavy atom. The molecule has 18 heavy (non-hydrogen) atoms. The van der Waals surface area contributed by atoms with E-state index in [1.165, 1.54) is 10.4 Å². The van der Waals surface area contributed by atoms with E-state index in [4.69, 9.17) is 0 Å². The number of rotatable bonds is 6. The number of carbonyl (C=O) groups excluding carboxylic acids is 1. The Hall–Kier alpha value is -1.13. The van der Waals surface area contributed by atoms with Gasteiger partial charge in [0.2, 0.25) is 5.91 Å². The predicted molar refractivity (Wildman–Crippen MR) is 75.7 cm³/mol. The van der Waals surface area contributed by atoms with Crippen molar-refractivity contribution < 1.29 is 4.79 Å². The van der Waals surface area contributed by atoms with Gasteiger partial charge in [0.25, 0.3) is 0 Å². The molecule has 0 bridgehead atoms. The van der Waals surface area contributed by atoms with Crippen LogP contribution >= 0.6 is 11.3 Å². The Morgan fingerprint density at radius 1 is 1.61 bits per heavy atom. The lowest BCUT2D eigenvalue weighted by Gasteiger charge is -2.27. The molecule has 0 unspecified atom stereocenters. The van der Waals surface area contributed by atoms with Gasteiger partial charge in [-0.2, -0.15) is 0 Å².